The quantitative estimate of drug-likeness (QED) is 0.615. The van der Waals surface area contributed by atoms with Crippen LogP contribution in [0.15, 0.2) is 29.2 Å². The average molecular weight is 300 g/mol. The minimum atomic E-state index is -3.79. The molecule has 110 valence electrons. The zero-order valence-corrected chi connectivity index (χ0v) is 11.8. The van der Waals surface area contributed by atoms with Gasteiger partial charge in [0, 0.05) is 12.2 Å². The molecule has 1 aliphatic heterocycles. The Kier molecular flexibility index (Phi) is 4.26. The van der Waals surface area contributed by atoms with Crippen LogP contribution in [-0.4, -0.2) is 51.6 Å². The van der Waals surface area contributed by atoms with Crippen molar-refractivity contribution < 1.29 is 22.7 Å². The molecule has 1 heterocycles. The SMILES string of the molecule is COC(=O)C1COCCN1S(=O)(=O)c1ccc(N)cc1. The summed E-state index contributed by atoms with van der Waals surface area (Å²) in [6.45, 7) is 0.328. The molecule has 8 heteroatoms. The molecule has 7 nitrogen and oxygen atoms in total. The van der Waals surface area contributed by atoms with Gasteiger partial charge >= 0.3 is 5.97 Å². The first-order chi connectivity index (χ1) is 9.46. The number of carbonyl (C=O) groups is 1. The first-order valence-electron chi connectivity index (χ1n) is 6.00. The van der Waals surface area contributed by atoms with Gasteiger partial charge in [0.05, 0.1) is 25.2 Å². The molecule has 0 aromatic heterocycles. The highest BCUT2D eigenvalue weighted by atomic mass is 32.2. The van der Waals surface area contributed by atoms with Crippen LogP contribution in [-0.2, 0) is 24.3 Å². The van der Waals surface area contributed by atoms with E-state index in [-0.39, 0.29) is 24.7 Å². The molecule has 1 aromatic carbocycles. The van der Waals surface area contributed by atoms with E-state index in [1.165, 1.54) is 31.4 Å². The highest BCUT2D eigenvalue weighted by molar-refractivity contribution is 7.89. The molecule has 1 unspecified atom stereocenters. The molecule has 0 radical (unpaired) electrons. The molecule has 0 saturated carbocycles. The molecule has 1 atom stereocenters. The lowest BCUT2D eigenvalue weighted by molar-refractivity contribution is -0.149. The van der Waals surface area contributed by atoms with Crippen molar-refractivity contribution in [1.29, 1.82) is 0 Å². The second kappa shape index (κ2) is 5.78. The van der Waals surface area contributed by atoms with Crippen molar-refractivity contribution in [2.75, 3.05) is 32.6 Å². The third kappa shape index (κ3) is 2.77. The standard InChI is InChI=1S/C12H16N2O5S/c1-18-12(15)11-8-19-7-6-14(11)20(16,17)10-4-2-9(13)3-5-10/h2-5,11H,6-8,13H2,1H3. The molecule has 0 spiro atoms. The number of esters is 1. The molecule has 0 bridgehead atoms. The maximum atomic E-state index is 12.6. The van der Waals surface area contributed by atoms with Gasteiger partial charge in [-0.1, -0.05) is 0 Å². The topological polar surface area (TPSA) is 98.9 Å². The number of rotatable bonds is 3. The second-order valence-electron chi connectivity index (χ2n) is 4.30. The Bertz CT molecular complexity index is 584. The summed E-state index contributed by atoms with van der Waals surface area (Å²) in [4.78, 5) is 11.8. The third-order valence-electron chi connectivity index (χ3n) is 3.04. The number of carbonyl (C=O) groups excluding carboxylic acids is 1. The third-order valence-corrected chi connectivity index (χ3v) is 4.96. The number of nitrogen functional groups attached to an aromatic ring is 1. The molecule has 1 fully saturated rings. The van der Waals surface area contributed by atoms with E-state index in [2.05, 4.69) is 4.74 Å². The summed E-state index contributed by atoms with van der Waals surface area (Å²) >= 11 is 0. The zero-order valence-electron chi connectivity index (χ0n) is 11.0. The molecular weight excluding hydrogens is 284 g/mol. The lowest BCUT2D eigenvalue weighted by Gasteiger charge is -2.32. The maximum absolute atomic E-state index is 12.6. The van der Waals surface area contributed by atoms with Crippen molar-refractivity contribution in [2.45, 2.75) is 10.9 Å². The van der Waals surface area contributed by atoms with Crippen LogP contribution in [0.2, 0.25) is 0 Å². The molecule has 2 rings (SSSR count). The van der Waals surface area contributed by atoms with Crippen LogP contribution >= 0.6 is 0 Å². The summed E-state index contributed by atoms with van der Waals surface area (Å²) in [7, 11) is -2.57. The Labute approximate surface area is 117 Å². The van der Waals surface area contributed by atoms with E-state index in [1.54, 1.807) is 0 Å². The van der Waals surface area contributed by atoms with E-state index in [0.29, 0.717) is 5.69 Å². The molecule has 0 aliphatic carbocycles. The number of morpholine rings is 1. The van der Waals surface area contributed by atoms with Gasteiger partial charge in [-0.3, -0.25) is 4.79 Å². The normalized spacial score (nSPS) is 20.6. The predicted octanol–water partition coefficient (Wildman–Crippen LogP) is -0.169. The summed E-state index contributed by atoms with van der Waals surface area (Å²) in [5, 5.41) is 0. The van der Waals surface area contributed by atoms with Gasteiger partial charge in [0.1, 0.15) is 6.04 Å². The van der Waals surface area contributed by atoms with Crippen LogP contribution in [0.4, 0.5) is 5.69 Å². The number of benzene rings is 1. The second-order valence-corrected chi connectivity index (χ2v) is 6.19. The van der Waals surface area contributed by atoms with Gasteiger partial charge in [-0.05, 0) is 24.3 Å². The van der Waals surface area contributed by atoms with Crippen LogP contribution in [0.1, 0.15) is 0 Å². The van der Waals surface area contributed by atoms with Gasteiger partial charge < -0.3 is 15.2 Å². The van der Waals surface area contributed by atoms with Crippen LogP contribution < -0.4 is 5.73 Å². The van der Waals surface area contributed by atoms with Crippen LogP contribution in [0.3, 0.4) is 0 Å². The molecule has 1 aromatic rings. The van der Waals surface area contributed by atoms with E-state index >= 15 is 0 Å². The fraction of sp³-hybridized carbons (Fsp3) is 0.417. The fourth-order valence-electron chi connectivity index (χ4n) is 1.97. The largest absolute Gasteiger partial charge is 0.468 e. The number of ether oxygens (including phenoxy) is 2. The lowest BCUT2D eigenvalue weighted by atomic mass is 10.3. The molecular formula is C12H16N2O5S. The van der Waals surface area contributed by atoms with Crippen molar-refractivity contribution in [2.24, 2.45) is 0 Å². The summed E-state index contributed by atoms with van der Waals surface area (Å²) in [6, 6.07) is 4.86. The van der Waals surface area contributed by atoms with Crippen LogP contribution in [0.25, 0.3) is 0 Å². The van der Waals surface area contributed by atoms with Crippen LogP contribution in [0, 0.1) is 0 Å². The highest BCUT2D eigenvalue weighted by Gasteiger charge is 2.38. The van der Waals surface area contributed by atoms with Gasteiger partial charge in [0.15, 0.2) is 0 Å². The summed E-state index contributed by atoms with van der Waals surface area (Å²) < 4.78 is 36.0. The smallest absolute Gasteiger partial charge is 0.326 e. The molecule has 1 aliphatic rings. The van der Waals surface area contributed by atoms with Gasteiger partial charge in [-0.15, -0.1) is 0 Å². The lowest BCUT2D eigenvalue weighted by Crippen LogP contribution is -2.52. The number of methoxy groups -OCH3 is 1. The van der Waals surface area contributed by atoms with Crippen LogP contribution in [0.5, 0.6) is 0 Å². The zero-order chi connectivity index (χ0) is 14.8. The molecule has 2 N–H and O–H groups in total. The van der Waals surface area contributed by atoms with E-state index in [4.69, 9.17) is 10.5 Å². The molecule has 1 saturated heterocycles. The van der Waals surface area contributed by atoms with E-state index < -0.39 is 22.0 Å². The van der Waals surface area contributed by atoms with E-state index in [9.17, 15) is 13.2 Å². The Morgan fingerprint density at radius 3 is 2.65 bits per heavy atom. The number of hydrogen-bond acceptors (Lipinski definition) is 6. The number of sulfonamides is 1. The van der Waals surface area contributed by atoms with E-state index in [0.717, 1.165) is 4.31 Å². The molecule has 0 amide bonds. The predicted molar refractivity (Wildman–Crippen MR) is 71.4 cm³/mol. The monoisotopic (exact) mass is 300 g/mol. The Hall–Kier alpha value is -1.64. The number of anilines is 1. The Balaban J connectivity index is 2.35. The first-order valence-corrected chi connectivity index (χ1v) is 7.44. The number of nitrogens with two attached hydrogens (primary N) is 1. The highest BCUT2D eigenvalue weighted by Crippen LogP contribution is 2.22. The van der Waals surface area contributed by atoms with Gasteiger partial charge in [-0.2, -0.15) is 4.31 Å². The van der Waals surface area contributed by atoms with Crippen molar-refractivity contribution in [3.63, 3.8) is 0 Å². The number of nitrogens with zero attached hydrogens (tertiary/aromatic N) is 1. The van der Waals surface area contributed by atoms with Gasteiger partial charge in [-0.25, -0.2) is 8.42 Å². The minimum absolute atomic E-state index is 0.0130. The minimum Gasteiger partial charge on any atom is -0.468 e. The van der Waals surface area contributed by atoms with Crippen molar-refractivity contribution >= 4 is 21.7 Å². The van der Waals surface area contributed by atoms with E-state index in [1.807, 2.05) is 0 Å². The summed E-state index contributed by atoms with van der Waals surface area (Å²) in [5.74, 6) is -0.635. The summed E-state index contributed by atoms with van der Waals surface area (Å²) in [6.07, 6.45) is 0. The average Bonchev–Trinajstić information content (AvgIpc) is 2.47. The summed E-state index contributed by atoms with van der Waals surface area (Å²) in [5.41, 5.74) is 6.01. The van der Waals surface area contributed by atoms with Crippen molar-refractivity contribution in [3.8, 4) is 0 Å². The fourth-order valence-corrected chi connectivity index (χ4v) is 3.52. The first kappa shape index (κ1) is 14.8. The van der Waals surface area contributed by atoms with Crippen molar-refractivity contribution in [3.05, 3.63) is 24.3 Å². The number of hydrogen-bond donors (Lipinski definition) is 1. The maximum Gasteiger partial charge on any atom is 0.326 e. The Morgan fingerprint density at radius 2 is 2.05 bits per heavy atom. The van der Waals surface area contributed by atoms with Gasteiger partial charge in [0.25, 0.3) is 0 Å². The van der Waals surface area contributed by atoms with Crippen molar-refractivity contribution in [1.82, 2.24) is 4.31 Å². The molecule has 20 heavy (non-hydrogen) atoms. The van der Waals surface area contributed by atoms with Gasteiger partial charge in [0.2, 0.25) is 10.0 Å². The Morgan fingerprint density at radius 1 is 1.40 bits per heavy atom.